The largest absolute Gasteiger partial charge is 0.366 e. The van der Waals surface area contributed by atoms with Gasteiger partial charge in [-0.1, -0.05) is 38.1 Å². The molecular formula is C37H35ClF2N8O3. The van der Waals surface area contributed by atoms with E-state index in [1.54, 1.807) is 30.3 Å². The third kappa shape index (κ3) is 5.79. The van der Waals surface area contributed by atoms with Crippen molar-refractivity contribution in [1.29, 1.82) is 0 Å². The van der Waals surface area contributed by atoms with Crippen LogP contribution in [0.3, 0.4) is 0 Å². The molecule has 2 N–H and O–H groups in total. The lowest BCUT2D eigenvalue weighted by molar-refractivity contribution is -0.131. The molecule has 1 atom stereocenters. The third-order valence-corrected chi connectivity index (χ3v) is 9.68. The van der Waals surface area contributed by atoms with Gasteiger partial charge in [0.05, 0.1) is 39.3 Å². The van der Waals surface area contributed by atoms with Gasteiger partial charge < -0.3 is 20.0 Å². The van der Waals surface area contributed by atoms with E-state index in [4.69, 9.17) is 18.2 Å². The number of carbonyl (C=O) groups excluding carboxylic acids is 2. The number of piperazine rings is 1. The highest BCUT2D eigenvalue weighted by atomic mass is 35.5. The number of aryl methyl sites for hydroxylation is 2. The molecule has 11 nitrogen and oxygen atoms in total. The van der Waals surface area contributed by atoms with Crippen molar-refractivity contribution in [3.8, 4) is 16.8 Å². The summed E-state index contributed by atoms with van der Waals surface area (Å²) in [7, 11) is 1.38. The molecule has 0 spiro atoms. The van der Waals surface area contributed by atoms with Crippen molar-refractivity contribution in [1.82, 2.24) is 30.0 Å². The van der Waals surface area contributed by atoms with Gasteiger partial charge in [-0.3, -0.25) is 29.0 Å². The summed E-state index contributed by atoms with van der Waals surface area (Å²) >= 11 is 7.05. The number of rotatable bonds is 7. The van der Waals surface area contributed by atoms with E-state index in [2.05, 4.69) is 31.9 Å². The van der Waals surface area contributed by atoms with E-state index in [0.29, 0.717) is 39.0 Å². The van der Waals surface area contributed by atoms with Gasteiger partial charge in [0.1, 0.15) is 11.6 Å². The quantitative estimate of drug-likeness (QED) is 0.152. The number of fused-ring (bicyclic) bond motifs is 2. The topological polar surface area (TPSA) is 121 Å². The highest BCUT2D eigenvalue weighted by molar-refractivity contribution is 6.35. The molecule has 262 valence electrons. The van der Waals surface area contributed by atoms with Gasteiger partial charge in [0.15, 0.2) is 11.6 Å². The molecule has 0 bridgehead atoms. The zero-order valence-corrected chi connectivity index (χ0v) is 29.5. The number of halogens is 3. The first kappa shape index (κ1) is 35.2. The average molecular weight is 713 g/mol. The molecule has 0 unspecified atom stereocenters. The Bertz CT molecular complexity index is 2380. The molecule has 2 aromatic carbocycles. The van der Waals surface area contributed by atoms with Crippen molar-refractivity contribution in [2.24, 2.45) is 0 Å². The number of aromatic nitrogens is 4. The Hall–Kier alpha value is -5.61. The molecule has 4 heterocycles. The van der Waals surface area contributed by atoms with Gasteiger partial charge in [0, 0.05) is 54.8 Å². The predicted molar refractivity (Wildman–Crippen MR) is 194 cm³/mol. The zero-order valence-electron chi connectivity index (χ0n) is 28.7. The van der Waals surface area contributed by atoms with Crippen LogP contribution in [-0.2, 0) is 4.79 Å². The number of nitrogens with zero attached hydrogens (tertiary/aromatic N) is 6. The van der Waals surface area contributed by atoms with E-state index in [1.807, 2.05) is 32.9 Å². The van der Waals surface area contributed by atoms with Gasteiger partial charge in [-0.2, -0.15) is 5.10 Å². The number of pyridine rings is 2. The monoisotopic (exact) mass is 712 g/mol. The zero-order chi connectivity index (χ0) is 36.9. The lowest BCUT2D eigenvalue weighted by Gasteiger charge is -2.41. The molecule has 1 aliphatic rings. The Balaban J connectivity index is 1.78. The fraction of sp³-hybridized carbons (Fsp3) is 0.297. The van der Waals surface area contributed by atoms with Crippen molar-refractivity contribution >= 4 is 50.9 Å². The third-order valence-electron chi connectivity index (χ3n) is 9.38. The number of hydrogen-bond donors (Lipinski definition) is 2. The van der Waals surface area contributed by atoms with Gasteiger partial charge >= 0.3 is 0 Å². The standard InChI is InChI=1S/C37H35ClF2N8O3/c1-18(2)31-32(20(4)10-11-43-31)48-34-23(14-25(38)28(30(34)40)27-19(3)8-9-26-24(27)16-44-45-26)33(29(37(48)51)35(49)42-7)46-12-13-47(36(50)21(5)39)22(17-46)15-41-6/h8-11,14,16,18,22H,5,12-13,15,17H2,1-4,7H3,(H,42,49)(H,44,45)/t22-/m0/s1. The van der Waals surface area contributed by atoms with Crippen molar-refractivity contribution in [3.63, 3.8) is 0 Å². The minimum atomic E-state index is -1.17. The fourth-order valence-electron chi connectivity index (χ4n) is 7.04. The van der Waals surface area contributed by atoms with Crippen molar-refractivity contribution in [3.05, 3.63) is 104 Å². The first-order valence-electron chi connectivity index (χ1n) is 16.3. The maximum absolute atomic E-state index is 17.9. The summed E-state index contributed by atoms with van der Waals surface area (Å²) < 4.78 is 33.1. The van der Waals surface area contributed by atoms with Gasteiger partial charge in [-0.05, 0) is 49.1 Å². The van der Waals surface area contributed by atoms with Crippen LogP contribution in [0.1, 0.15) is 46.9 Å². The van der Waals surface area contributed by atoms with Crippen LogP contribution in [-0.4, -0.2) is 75.7 Å². The maximum atomic E-state index is 17.9. The van der Waals surface area contributed by atoms with E-state index in [9.17, 15) is 14.0 Å². The summed E-state index contributed by atoms with van der Waals surface area (Å²) in [6.45, 7) is 17.8. The van der Waals surface area contributed by atoms with Gasteiger partial charge in [-0.25, -0.2) is 15.4 Å². The molecule has 2 amide bonds. The number of anilines is 1. The second-order valence-electron chi connectivity index (χ2n) is 12.8. The van der Waals surface area contributed by atoms with Gasteiger partial charge in [0.2, 0.25) is 6.54 Å². The first-order chi connectivity index (χ1) is 24.3. The van der Waals surface area contributed by atoms with Crippen LogP contribution in [0.2, 0.25) is 5.02 Å². The Kier molecular flexibility index (Phi) is 9.39. The SMILES string of the molecule is [C-]#[N+]C[C@H]1CN(c2c(C(=O)NC)c(=O)n(-c3c(C)ccnc3C(C)C)c3c(F)c(-c4c(C)ccc5[nH]ncc45)c(Cl)cc23)CCN1C(=O)C(=C)F. The number of H-pyrrole nitrogens is 1. The highest BCUT2D eigenvalue weighted by Crippen LogP contribution is 2.44. The summed E-state index contributed by atoms with van der Waals surface area (Å²) in [4.78, 5) is 52.5. The summed E-state index contributed by atoms with van der Waals surface area (Å²) in [5, 5.41) is 10.4. The van der Waals surface area contributed by atoms with Crippen LogP contribution in [0.15, 0.2) is 53.9 Å². The second kappa shape index (κ2) is 13.6. The minimum Gasteiger partial charge on any atom is -0.366 e. The number of carbonyl (C=O) groups is 2. The van der Waals surface area contributed by atoms with Gasteiger partial charge in [-0.15, -0.1) is 0 Å². The molecule has 0 aliphatic carbocycles. The summed E-state index contributed by atoms with van der Waals surface area (Å²) in [6.07, 6.45) is 3.19. The van der Waals surface area contributed by atoms with Crippen molar-refractivity contribution in [2.45, 2.75) is 39.7 Å². The molecule has 14 heteroatoms. The van der Waals surface area contributed by atoms with Crippen LogP contribution in [0, 0.1) is 26.2 Å². The second-order valence-corrected chi connectivity index (χ2v) is 13.2. The molecule has 51 heavy (non-hydrogen) atoms. The molecule has 3 aromatic heterocycles. The highest BCUT2D eigenvalue weighted by Gasteiger charge is 2.38. The van der Waals surface area contributed by atoms with Gasteiger partial charge in [0.25, 0.3) is 17.4 Å². The molecule has 6 rings (SSSR count). The number of nitrogens with one attached hydrogen (secondary N) is 2. The van der Waals surface area contributed by atoms with E-state index in [1.165, 1.54) is 22.6 Å². The van der Waals surface area contributed by atoms with Crippen molar-refractivity contribution in [2.75, 3.05) is 38.1 Å². The first-order valence-corrected chi connectivity index (χ1v) is 16.6. The van der Waals surface area contributed by atoms with Crippen LogP contribution in [0.25, 0.3) is 43.5 Å². The molecule has 0 radical (unpaired) electrons. The minimum absolute atomic E-state index is 0.0124. The normalized spacial score (nSPS) is 14.7. The Morgan fingerprint density at radius 2 is 1.90 bits per heavy atom. The molecule has 5 aromatic rings. The van der Waals surface area contributed by atoms with E-state index in [-0.39, 0.29) is 64.8 Å². The lowest BCUT2D eigenvalue weighted by Crippen LogP contribution is -2.57. The molecule has 1 aliphatic heterocycles. The lowest BCUT2D eigenvalue weighted by atomic mass is 9.93. The molecule has 0 saturated carbocycles. The van der Waals surface area contributed by atoms with Crippen LogP contribution >= 0.6 is 11.6 Å². The Morgan fingerprint density at radius 3 is 2.57 bits per heavy atom. The van der Waals surface area contributed by atoms with Crippen LogP contribution in [0.4, 0.5) is 14.5 Å². The number of aromatic amines is 1. The van der Waals surface area contributed by atoms with E-state index >= 15 is 9.18 Å². The number of hydrogen-bond acceptors (Lipinski definition) is 6. The predicted octanol–water partition coefficient (Wildman–Crippen LogP) is 6.24. The van der Waals surface area contributed by atoms with Crippen LogP contribution < -0.4 is 15.8 Å². The smallest absolute Gasteiger partial charge is 0.282 e. The summed E-state index contributed by atoms with van der Waals surface area (Å²) in [5.41, 5.74) is 2.15. The Labute approximate surface area is 297 Å². The van der Waals surface area contributed by atoms with E-state index < -0.39 is 35.1 Å². The molecular weight excluding hydrogens is 678 g/mol. The number of benzene rings is 2. The van der Waals surface area contributed by atoms with Crippen LogP contribution in [0.5, 0.6) is 0 Å². The maximum Gasteiger partial charge on any atom is 0.282 e. The van der Waals surface area contributed by atoms with E-state index in [0.717, 1.165) is 0 Å². The Morgan fingerprint density at radius 1 is 1.16 bits per heavy atom. The average Bonchev–Trinajstić information content (AvgIpc) is 3.57. The van der Waals surface area contributed by atoms with Crippen molar-refractivity contribution < 1.29 is 18.4 Å². The molecule has 1 fully saturated rings. The fourth-order valence-corrected chi connectivity index (χ4v) is 7.33. The summed E-state index contributed by atoms with van der Waals surface area (Å²) in [6, 6.07) is 6.06. The summed E-state index contributed by atoms with van der Waals surface area (Å²) in [5.74, 6) is -3.88. The molecule has 1 saturated heterocycles. The number of amides is 2.